The topological polar surface area (TPSA) is 79.8 Å². The van der Waals surface area contributed by atoms with E-state index in [0.29, 0.717) is 19.8 Å². The highest BCUT2D eigenvalue weighted by atomic mass is 32.1. The van der Waals surface area contributed by atoms with Gasteiger partial charge in [0.05, 0.1) is 5.39 Å². The van der Waals surface area contributed by atoms with Crippen LogP contribution in [0.3, 0.4) is 0 Å². The summed E-state index contributed by atoms with van der Waals surface area (Å²) in [4.78, 5) is 28.0. The van der Waals surface area contributed by atoms with Crippen molar-refractivity contribution in [2.75, 3.05) is 44.8 Å². The zero-order valence-electron chi connectivity index (χ0n) is 18.2. The molecule has 1 saturated heterocycles. The Bertz CT molecular complexity index is 1110. The molecule has 168 valence electrons. The Hall–Kier alpha value is -2.91. The number of ether oxygens (including phenoxy) is 2. The SMILES string of the molecule is CCc1cc2c(NCCC(=O)N3CCN(Cc4ccc5c(c4)OCO5)CC3)ncnc2s1. The first kappa shape index (κ1) is 21.0. The summed E-state index contributed by atoms with van der Waals surface area (Å²) in [5.41, 5.74) is 1.20. The molecule has 2 aliphatic rings. The van der Waals surface area contributed by atoms with Crippen molar-refractivity contribution in [1.82, 2.24) is 19.8 Å². The molecule has 1 N–H and O–H groups in total. The maximum atomic E-state index is 12.7. The first-order valence-electron chi connectivity index (χ1n) is 11.1. The van der Waals surface area contributed by atoms with Gasteiger partial charge in [-0.3, -0.25) is 9.69 Å². The van der Waals surface area contributed by atoms with E-state index in [2.05, 4.69) is 39.2 Å². The highest BCUT2D eigenvalue weighted by Crippen LogP contribution is 2.33. The van der Waals surface area contributed by atoms with E-state index in [0.717, 1.165) is 66.7 Å². The summed E-state index contributed by atoms with van der Waals surface area (Å²) in [5, 5.41) is 4.37. The fourth-order valence-electron chi connectivity index (χ4n) is 4.12. The zero-order valence-corrected chi connectivity index (χ0v) is 19.0. The molecule has 2 aromatic heterocycles. The number of aryl methyl sites for hydroxylation is 1. The number of hydrogen-bond acceptors (Lipinski definition) is 8. The minimum absolute atomic E-state index is 0.185. The lowest BCUT2D eigenvalue weighted by atomic mass is 10.1. The first-order chi connectivity index (χ1) is 15.7. The lowest BCUT2D eigenvalue weighted by Crippen LogP contribution is -2.48. The van der Waals surface area contributed by atoms with E-state index in [-0.39, 0.29) is 5.91 Å². The maximum Gasteiger partial charge on any atom is 0.231 e. The predicted molar refractivity (Wildman–Crippen MR) is 124 cm³/mol. The minimum atomic E-state index is 0.185. The van der Waals surface area contributed by atoms with Gasteiger partial charge in [0.25, 0.3) is 0 Å². The molecule has 32 heavy (non-hydrogen) atoms. The average molecular weight is 454 g/mol. The number of hydrogen-bond donors (Lipinski definition) is 1. The standard InChI is InChI=1S/C23H27N5O3S/c1-2-17-12-18-22(25-14-26-23(18)32-17)24-6-5-21(29)28-9-7-27(8-10-28)13-16-3-4-19-20(11-16)31-15-30-19/h3-4,11-12,14H,2,5-10,13,15H2,1H3,(H,24,25,26). The van der Waals surface area contributed by atoms with Crippen LogP contribution in [0.1, 0.15) is 23.8 Å². The molecule has 0 atom stereocenters. The number of rotatable bonds is 7. The number of aromatic nitrogens is 2. The zero-order chi connectivity index (χ0) is 21.9. The van der Waals surface area contributed by atoms with E-state index >= 15 is 0 Å². The summed E-state index contributed by atoms with van der Waals surface area (Å²) in [5.74, 6) is 2.63. The monoisotopic (exact) mass is 453 g/mol. The number of thiophene rings is 1. The highest BCUT2D eigenvalue weighted by Gasteiger charge is 2.22. The van der Waals surface area contributed by atoms with Gasteiger partial charge in [-0.05, 0) is 30.2 Å². The van der Waals surface area contributed by atoms with E-state index in [9.17, 15) is 4.79 Å². The third-order valence-corrected chi connectivity index (χ3v) is 7.12. The summed E-state index contributed by atoms with van der Waals surface area (Å²) in [7, 11) is 0. The Morgan fingerprint density at radius 1 is 1.12 bits per heavy atom. The van der Waals surface area contributed by atoms with Crippen LogP contribution in [0.25, 0.3) is 10.2 Å². The fraction of sp³-hybridized carbons (Fsp3) is 0.435. The van der Waals surface area contributed by atoms with Crippen LogP contribution in [0.15, 0.2) is 30.6 Å². The molecule has 4 heterocycles. The number of carbonyl (C=O) groups excluding carboxylic acids is 1. The van der Waals surface area contributed by atoms with E-state index in [1.165, 1.54) is 10.4 Å². The van der Waals surface area contributed by atoms with Gasteiger partial charge in [-0.15, -0.1) is 11.3 Å². The molecule has 3 aromatic rings. The van der Waals surface area contributed by atoms with Crippen LogP contribution in [0.2, 0.25) is 0 Å². The summed E-state index contributed by atoms with van der Waals surface area (Å²) >= 11 is 1.70. The second-order valence-electron chi connectivity index (χ2n) is 8.03. The molecule has 0 spiro atoms. The van der Waals surface area contributed by atoms with Crippen LogP contribution in [0.5, 0.6) is 11.5 Å². The lowest BCUT2D eigenvalue weighted by Gasteiger charge is -2.34. The largest absolute Gasteiger partial charge is 0.454 e. The summed E-state index contributed by atoms with van der Waals surface area (Å²) in [6.07, 6.45) is 3.03. The van der Waals surface area contributed by atoms with Crippen molar-refractivity contribution in [2.24, 2.45) is 0 Å². The van der Waals surface area contributed by atoms with Crippen LogP contribution in [0.4, 0.5) is 5.82 Å². The van der Waals surface area contributed by atoms with E-state index in [1.807, 2.05) is 17.0 Å². The Labute approximate surface area is 191 Å². The number of fused-ring (bicyclic) bond motifs is 2. The second kappa shape index (κ2) is 9.30. The molecule has 9 heteroatoms. The second-order valence-corrected chi connectivity index (χ2v) is 9.14. The molecule has 0 saturated carbocycles. The lowest BCUT2D eigenvalue weighted by molar-refractivity contribution is -0.132. The maximum absolute atomic E-state index is 12.7. The van der Waals surface area contributed by atoms with Gasteiger partial charge >= 0.3 is 0 Å². The summed E-state index contributed by atoms with van der Waals surface area (Å²) in [6, 6.07) is 8.24. The Kier molecular flexibility index (Phi) is 6.09. The van der Waals surface area contributed by atoms with Crippen molar-refractivity contribution >= 4 is 33.3 Å². The quantitative estimate of drug-likeness (QED) is 0.589. The Morgan fingerprint density at radius 3 is 2.81 bits per heavy atom. The van der Waals surface area contributed by atoms with Gasteiger partial charge in [-0.25, -0.2) is 9.97 Å². The average Bonchev–Trinajstić information content (AvgIpc) is 3.46. The van der Waals surface area contributed by atoms with Gasteiger partial charge in [-0.1, -0.05) is 13.0 Å². The summed E-state index contributed by atoms with van der Waals surface area (Å²) in [6.45, 7) is 7.10. The van der Waals surface area contributed by atoms with Crippen molar-refractivity contribution in [3.63, 3.8) is 0 Å². The normalized spacial score (nSPS) is 16.0. The molecule has 0 aliphatic carbocycles. The number of anilines is 1. The number of benzene rings is 1. The van der Waals surface area contributed by atoms with E-state index in [4.69, 9.17) is 9.47 Å². The van der Waals surface area contributed by atoms with Gasteiger partial charge < -0.3 is 19.7 Å². The third-order valence-electron chi connectivity index (χ3n) is 5.93. The van der Waals surface area contributed by atoms with Crippen molar-refractivity contribution in [3.8, 4) is 11.5 Å². The molecule has 2 aliphatic heterocycles. The number of amides is 1. The van der Waals surface area contributed by atoms with Crippen molar-refractivity contribution in [1.29, 1.82) is 0 Å². The molecule has 1 fully saturated rings. The molecule has 0 radical (unpaired) electrons. The van der Waals surface area contributed by atoms with Crippen LogP contribution in [-0.4, -0.2) is 65.2 Å². The van der Waals surface area contributed by atoms with Crippen LogP contribution < -0.4 is 14.8 Å². The van der Waals surface area contributed by atoms with Crippen molar-refractivity contribution in [3.05, 3.63) is 41.0 Å². The molecule has 0 bridgehead atoms. The van der Waals surface area contributed by atoms with Gasteiger partial charge in [0.15, 0.2) is 11.5 Å². The highest BCUT2D eigenvalue weighted by molar-refractivity contribution is 7.18. The van der Waals surface area contributed by atoms with Crippen LogP contribution in [-0.2, 0) is 17.8 Å². The Balaban J connectivity index is 1.09. The third kappa shape index (κ3) is 4.49. The van der Waals surface area contributed by atoms with E-state index < -0.39 is 0 Å². The van der Waals surface area contributed by atoms with E-state index in [1.54, 1.807) is 17.7 Å². The smallest absolute Gasteiger partial charge is 0.231 e. The molecule has 8 nitrogen and oxygen atoms in total. The number of nitrogens with zero attached hydrogens (tertiary/aromatic N) is 4. The number of nitrogens with one attached hydrogen (secondary N) is 1. The van der Waals surface area contributed by atoms with Crippen molar-refractivity contribution < 1.29 is 14.3 Å². The molecular formula is C23H27N5O3S. The minimum Gasteiger partial charge on any atom is -0.454 e. The first-order valence-corrected chi connectivity index (χ1v) is 11.9. The number of piperazine rings is 1. The van der Waals surface area contributed by atoms with Crippen LogP contribution in [0, 0.1) is 0 Å². The molecule has 1 amide bonds. The summed E-state index contributed by atoms with van der Waals surface area (Å²) < 4.78 is 10.8. The molecule has 1 aromatic carbocycles. The molecule has 0 unspecified atom stereocenters. The predicted octanol–water partition coefficient (Wildman–Crippen LogP) is 3.13. The molecular weight excluding hydrogens is 426 g/mol. The Morgan fingerprint density at radius 2 is 1.97 bits per heavy atom. The molecule has 5 rings (SSSR count). The van der Waals surface area contributed by atoms with Gasteiger partial charge in [0, 0.05) is 50.6 Å². The van der Waals surface area contributed by atoms with Crippen molar-refractivity contribution in [2.45, 2.75) is 26.3 Å². The van der Waals surface area contributed by atoms with Gasteiger partial charge in [0.1, 0.15) is 17.0 Å². The van der Waals surface area contributed by atoms with Gasteiger partial charge in [-0.2, -0.15) is 0 Å². The fourth-order valence-corrected chi connectivity index (χ4v) is 5.05. The van der Waals surface area contributed by atoms with Gasteiger partial charge in [0.2, 0.25) is 12.7 Å². The number of carbonyl (C=O) groups is 1. The van der Waals surface area contributed by atoms with Crippen LogP contribution >= 0.6 is 11.3 Å².